The van der Waals surface area contributed by atoms with Gasteiger partial charge in [-0.15, -0.1) is 0 Å². The Hall–Kier alpha value is -1.34. The summed E-state index contributed by atoms with van der Waals surface area (Å²) in [6.45, 7) is 1.51. The van der Waals surface area contributed by atoms with Crippen LogP contribution in [0.5, 0.6) is 0 Å². The van der Waals surface area contributed by atoms with Crippen LogP contribution in [0.2, 0.25) is 0 Å². The van der Waals surface area contributed by atoms with Crippen molar-refractivity contribution in [2.75, 3.05) is 13.2 Å². The smallest absolute Gasteiger partial charge is 0.0718 e. The molecular formula is C12H12O. The van der Waals surface area contributed by atoms with Crippen LogP contribution in [0, 0.1) is 0 Å². The molecule has 0 amide bonds. The van der Waals surface area contributed by atoms with Gasteiger partial charge in [-0.05, 0) is 11.1 Å². The van der Waals surface area contributed by atoms with E-state index in [1.165, 1.54) is 11.1 Å². The molecule has 1 aromatic rings. The van der Waals surface area contributed by atoms with Crippen molar-refractivity contribution in [1.29, 1.82) is 0 Å². The number of hydrogen-bond donors (Lipinski definition) is 0. The Morgan fingerprint density at radius 2 is 1.92 bits per heavy atom. The lowest BCUT2D eigenvalue weighted by molar-refractivity contribution is 0.210. The van der Waals surface area contributed by atoms with Gasteiger partial charge in [-0.25, -0.2) is 0 Å². The van der Waals surface area contributed by atoms with Crippen LogP contribution in [-0.4, -0.2) is 13.2 Å². The molecule has 1 aliphatic rings. The van der Waals surface area contributed by atoms with Gasteiger partial charge in [-0.3, -0.25) is 0 Å². The van der Waals surface area contributed by atoms with E-state index in [2.05, 4.69) is 30.4 Å². The molecule has 0 unspecified atom stereocenters. The number of hydrogen-bond acceptors (Lipinski definition) is 1. The molecule has 0 radical (unpaired) electrons. The molecule has 0 bridgehead atoms. The molecular weight excluding hydrogens is 160 g/mol. The molecule has 0 atom stereocenters. The highest BCUT2D eigenvalue weighted by Gasteiger charge is 1.99. The van der Waals surface area contributed by atoms with Crippen LogP contribution in [0.3, 0.4) is 0 Å². The molecule has 0 fully saturated rings. The predicted octanol–water partition coefficient (Wildman–Crippen LogP) is 2.66. The second-order valence-corrected chi connectivity index (χ2v) is 3.04. The summed E-state index contributed by atoms with van der Waals surface area (Å²) in [5.74, 6) is 0. The van der Waals surface area contributed by atoms with Gasteiger partial charge in [0, 0.05) is 0 Å². The molecule has 1 heterocycles. The summed E-state index contributed by atoms with van der Waals surface area (Å²) in [5, 5.41) is 0. The van der Waals surface area contributed by atoms with Gasteiger partial charge in [0.15, 0.2) is 0 Å². The van der Waals surface area contributed by atoms with E-state index in [1.54, 1.807) is 0 Å². The Balaban J connectivity index is 2.05. The summed E-state index contributed by atoms with van der Waals surface area (Å²) in [7, 11) is 0. The molecule has 0 spiro atoms. The van der Waals surface area contributed by atoms with Gasteiger partial charge >= 0.3 is 0 Å². The van der Waals surface area contributed by atoms with E-state index >= 15 is 0 Å². The molecule has 13 heavy (non-hydrogen) atoms. The van der Waals surface area contributed by atoms with Crippen LogP contribution in [-0.2, 0) is 4.74 Å². The van der Waals surface area contributed by atoms with Crippen molar-refractivity contribution < 1.29 is 4.74 Å². The van der Waals surface area contributed by atoms with Crippen molar-refractivity contribution in [2.45, 2.75) is 0 Å². The van der Waals surface area contributed by atoms with Crippen molar-refractivity contribution in [3.05, 3.63) is 53.6 Å². The zero-order valence-corrected chi connectivity index (χ0v) is 7.44. The SMILES string of the molecule is C1=C(/C=C/c2ccccc2)COC1. The monoisotopic (exact) mass is 172 g/mol. The quantitative estimate of drug-likeness (QED) is 0.666. The highest BCUT2D eigenvalue weighted by atomic mass is 16.5. The zero-order valence-electron chi connectivity index (χ0n) is 7.44. The highest BCUT2D eigenvalue weighted by molar-refractivity contribution is 5.52. The first kappa shape index (κ1) is 8.27. The zero-order chi connectivity index (χ0) is 8.93. The minimum atomic E-state index is 0.753. The van der Waals surface area contributed by atoms with E-state index < -0.39 is 0 Å². The predicted molar refractivity (Wildman–Crippen MR) is 54.4 cm³/mol. The molecule has 0 aliphatic carbocycles. The second kappa shape index (κ2) is 4.06. The van der Waals surface area contributed by atoms with Gasteiger partial charge < -0.3 is 4.74 Å². The standard InChI is InChI=1S/C12H12O/c1-2-4-11(5-3-1)6-7-12-8-9-13-10-12/h1-8H,9-10H2/b7-6+. The molecule has 66 valence electrons. The number of ether oxygens (including phenoxy) is 1. The normalized spacial score (nSPS) is 16.5. The molecule has 0 saturated carbocycles. The van der Waals surface area contributed by atoms with Crippen LogP contribution >= 0.6 is 0 Å². The number of benzene rings is 1. The summed E-state index contributed by atoms with van der Waals surface area (Å²) in [4.78, 5) is 0. The van der Waals surface area contributed by atoms with Crippen LogP contribution in [0.25, 0.3) is 6.08 Å². The van der Waals surface area contributed by atoms with E-state index in [9.17, 15) is 0 Å². The minimum Gasteiger partial charge on any atom is -0.373 e. The third-order valence-corrected chi connectivity index (χ3v) is 2.02. The maximum atomic E-state index is 5.20. The van der Waals surface area contributed by atoms with E-state index in [1.807, 2.05) is 18.2 Å². The maximum Gasteiger partial charge on any atom is 0.0718 e. The van der Waals surface area contributed by atoms with Gasteiger partial charge in [-0.2, -0.15) is 0 Å². The molecule has 1 nitrogen and oxygen atoms in total. The summed E-state index contributed by atoms with van der Waals surface area (Å²) in [6.07, 6.45) is 6.34. The Kier molecular flexibility index (Phi) is 2.58. The maximum absolute atomic E-state index is 5.20. The first-order chi connectivity index (χ1) is 6.45. The third-order valence-electron chi connectivity index (χ3n) is 2.02. The summed E-state index contributed by atoms with van der Waals surface area (Å²) < 4.78 is 5.20. The lowest BCUT2D eigenvalue weighted by atomic mass is 10.2. The van der Waals surface area contributed by atoms with Crippen molar-refractivity contribution in [3.63, 3.8) is 0 Å². The van der Waals surface area contributed by atoms with Crippen LogP contribution < -0.4 is 0 Å². The average molecular weight is 172 g/mol. The molecule has 1 aromatic carbocycles. The molecule has 0 saturated heterocycles. The van der Waals surface area contributed by atoms with E-state index in [-0.39, 0.29) is 0 Å². The fourth-order valence-electron chi connectivity index (χ4n) is 1.29. The first-order valence-corrected chi connectivity index (χ1v) is 4.45. The average Bonchev–Trinajstić information content (AvgIpc) is 2.69. The lowest BCUT2D eigenvalue weighted by Gasteiger charge is -1.92. The van der Waals surface area contributed by atoms with Crippen molar-refractivity contribution in [2.24, 2.45) is 0 Å². The van der Waals surface area contributed by atoms with Crippen LogP contribution in [0.15, 0.2) is 48.1 Å². The van der Waals surface area contributed by atoms with Gasteiger partial charge in [0.1, 0.15) is 0 Å². The van der Waals surface area contributed by atoms with Gasteiger partial charge in [0.2, 0.25) is 0 Å². The Labute approximate surface area is 78.3 Å². The van der Waals surface area contributed by atoms with Crippen molar-refractivity contribution >= 4 is 6.08 Å². The largest absolute Gasteiger partial charge is 0.373 e. The third kappa shape index (κ3) is 2.30. The highest BCUT2D eigenvalue weighted by Crippen LogP contribution is 2.09. The van der Waals surface area contributed by atoms with Crippen molar-refractivity contribution in [1.82, 2.24) is 0 Å². The molecule has 0 N–H and O–H groups in total. The second-order valence-electron chi connectivity index (χ2n) is 3.04. The summed E-state index contributed by atoms with van der Waals surface area (Å²) >= 11 is 0. The Morgan fingerprint density at radius 3 is 2.62 bits per heavy atom. The van der Waals surface area contributed by atoms with Crippen molar-refractivity contribution in [3.8, 4) is 0 Å². The lowest BCUT2D eigenvalue weighted by Crippen LogP contribution is -1.83. The molecule has 2 rings (SSSR count). The topological polar surface area (TPSA) is 9.23 Å². The Bertz CT molecular complexity index is 322. The summed E-state index contributed by atoms with van der Waals surface area (Å²) in [6, 6.07) is 10.3. The van der Waals surface area contributed by atoms with E-state index in [0.717, 1.165) is 13.2 Å². The fraction of sp³-hybridized carbons (Fsp3) is 0.167. The van der Waals surface area contributed by atoms with Gasteiger partial charge in [-0.1, -0.05) is 48.6 Å². The van der Waals surface area contributed by atoms with Crippen LogP contribution in [0.4, 0.5) is 0 Å². The molecule has 1 heteroatoms. The summed E-state index contributed by atoms with van der Waals surface area (Å²) in [5.41, 5.74) is 2.50. The van der Waals surface area contributed by atoms with Gasteiger partial charge in [0.25, 0.3) is 0 Å². The van der Waals surface area contributed by atoms with Crippen LogP contribution in [0.1, 0.15) is 5.56 Å². The number of rotatable bonds is 2. The van der Waals surface area contributed by atoms with E-state index in [4.69, 9.17) is 4.74 Å². The van der Waals surface area contributed by atoms with Gasteiger partial charge in [0.05, 0.1) is 13.2 Å². The fourth-order valence-corrected chi connectivity index (χ4v) is 1.29. The molecule has 0 aromatic heterocycles. The Morgan fingerprint density at radius 1 is 1.08 bits per heavy atom. The first-order valence-electron chi connectivity index (χ1n) is 4.45. The minimum absolute atomic E-state index is 0.753. The molecule has 1 aliphatic heterocycles. The van der Waals surface area contributed by atoms with E-state index in [0.29, 0.717) is 0 Å².